The van der Waals surface area contributed by atoms with Crippen LogP contribution < -0.4 is 16.0 Å². The highest BCUT2D eigenvalue weighted by Gasteiger charge is 2.67. The summed E-state index contributed by atoms with van der Waals surface area (Å²) in [5, 5.41) is 4.21. The zero-order valence-corrected chi connectivity index (χ0v) is 23.6. The quantitative estimate of drug-likeness (QED) is 0.178. The Balaban J connectivity index is 1.56. The first-order valence-corrected chi connectivity index (χ1v) is 13.0. The number of carbonyl (C=O) groups excluding carboxylic acids is 3. The van der Waals surface area contributed by atoms with Gasteiger partial charge < -0.3 is 16.0 Å². The van der Waals surface area contributed by atoms with Gasteiger partial charge in [-0.2, -0.15) is 26.3 Å². The van der Waals surface area contributed by atoms with Gasteiger partial charge in [0, 0.05) is 17.7 Å². The zero-order chi connectivity index (χ0) is 33.8. The van der Waals surface area contributed by atoms with Gasteiger partial charge in [-0.15, -0.1) is 23.2 Å². The van der Waals surface area contributed by atoms with Gasteiger partial charge in [0.25, 0.3) is 5.91 Å². The molecular formula is C26H12Cl3F10N3O3. The number of rotatable bonds is 6. The molecule has 240 valence electrons. The van der Waals surface area contributed by atoms with Crippen molar-refractivity contribution in [1.29, 1.82) is 0 Å². The number of benzene rings is 3. The van der Waals surface area contributed by atoms with Crippen LogP contribution in [0.3, 0.4) is 0 Å². The molecule has 0 bridgehead atoms. The first-order chi connectivity index (χ1) is 20.6. The Hall–Kier alpha value is -3.76. The Morgan fingerprint density at radius 3 is 1.91 bits per heavy atom. The smallest absolute Gasteiger partial charge is 0.326 e. The number of nitrogens with one attached hydrogen (secondary N) is 3. The van der Waals surface area contributed by atoms with Crippen LogP contribution in [0.25, 0.3) is 0 Å². The fraction of sp³-hybridized carbons (Fsp3) is 0.192. The molecule has 1 aliphatic rings. The molecule has 1 fully saturated rings. The second-order valence-corrected chi connectivity index (χ2v) is 11.2. The van der Waals surface area contributed by atoms with Gasteiger partial charge in [0.2, 0.25) is 5.91 Å². The summed E-state index contributed by atoms with van der Waals surface area (Å²) in [6.07, 6.45) is -10.5. The van der Waals surface area contributed by atoms with E-state index in [0.29, 0.717) is 24.3 Å². The highest BCUT2D eigenvalue weighted by molar-refractivity contribution is 6.53. The van der Waals surface area contributed by atoms with Crippen molar-refractivity contribution in [2.75, 3.05) is 16.0 Å². The van der Waals surface area contributed by atoms with Gasteiger partial charge in [0.05, 0.1) is 33.4 Å². The van der Waals surface area contributed by atoms with E-state index in [0.717, 1.165) is 17.4 Å². The van der Waals surface area contributed by atoms with Crippen LogP contribution in [0, 0.1) is 29.2 Å². The predicted octanol–water partition coefficient (Wildman–Crippen LogP) is 8.19. The Kier molecular flexibility index (Phi) is 9.00. The van der Waals surface area contributed by atoms with Gasteiger partial charge in [-0.25, -0.2) is 17.6 Å². The predicted molar refractivity (Wildman–Crippen MR) is 141 cm³/mol. The van der Waals surface area contributed by atoms with Gasteiger partial charge in [-0.05, 0) is 35.9 Å². The summed E-state index contributed by atoms with van der Waals surface area (Å²) in [5.41, 5.74) is -5.33. The third-order valence-corrected chi connectivity index (χ3v) is 7.67. The zero-order valence-electron chi connectivity index (χ0n) is 21.3. The van der Waals surface area contributed by atoms with Crippen molar-refractivity contribution in [2.24, 2.45) is 5.92 Å². The molecule has 0 spiro atoms. The molecule has 0 aromatic heterocycles. The number of halogens is 13. The monoisotopic (exact) mass is 709 g/mol. The molecule has 4 rings (SSSR count). The van der Waals surface area contributed by atoms with Crippen LogP contribution in [0.4, 0.5) is 61.0 Å². The lowest BCUT2D eigenvalue weighted by molar-refractivity contribution is -0.167. The minimum Gasteiger partial charge on any atom is -0.326 e. The van der Waals surface area contributed by atoms with Gasteiger partial charge in [-0.3, -0.25) is 14.4 Å². The second kappa shape index (κ2) is 11.9. The number of hydrogen-bond donors (Lipinski definition) is 3. The molecule has 0 saturated heterocycles. The van der Waals surface area contributed by atoms with Crippen molar-refractivity contribution < 1.29 is 58.3 Å². The summed E-state index contributed by atoms with van der Waals surface area (Å²) in [6, 6.07) is 3.57. The fourth-order valence-corrected chi connectivity index (χ4v) is 5.21. The maximum absolute atomic E-state index is 14.6. The maximum atomic E-state index is 14.6. The van der Waals surface area contributed by atoms with E-state index in [1.54, 1.807) is 0 Å². The van der Waals surface area contributed by atoms with Crippen LogP contribution >= 0.6 is 34.8 Å². The van der Waals surface area contributed by atoms with E-state index < -0.39 is 103 Å². The number of alkyl halides is 8. The summed E-state index contributed by atoms with van der Waals surface area (Å²) in [6.45, 7) is 0. The summed E-state index contributed by atoms with van der Waals surface area (Å²) in [7, 11) is 0. The molecule has 2 atom stereocenters. The fourth-order valence-electron chi connectivity index (χ4n) is 4.19. The largest absolute Gasteiger partial charge is 0.471 e. The maximum Gasteiger partial charge on any atom is 0.471 e. The third-order valence-electron chi connectivity index (χ3n) is 6.34. The molecule has 3 amide bonds. The van der Waals surface area contributed by atoms with E-state index in [4.69, 9.17) is 34.8 Å². The van der Waals surface area contributed by atoms with Gasteiger partial charge in [0.15, 0.2) is 0 Å². The summed E-state index contributed by atoms with van der Waals surface area (Å²) in [4.78, 5) is 36.9. The molecule has 1 saturated carbocycles. The molecule has 0 radical (unpaired) electrons. The first kappa shape index (κ1) is 34.1. The average molecular weight is 711 g/mol. The molecule has 19 heteroatoms. The second-order valence-electron chi connectivity index (χ2n) is 9.39. The SMILES string of the molecule is O=C(Nc1cc(NC(=O)C(F)(F)F)c(F)cc1F)c1cc(NC(=O)C2[C@H](c3ccc(F)c(C(F)(F)F)c3)C2(Cl)Cl)cc(F)c1Cl. The van der Waals surface area contributed by atoms with Crippen LogP contribution in [-0.2, 0) is 15.8 Å². The van der Waals surface area contributed by atoms with Crippen LogP contribution in [0.2, 0.25) is 5.02 Å². The van der Waals surface area contributed by atoms with Crippen LogP contribution in [0.1, 0.15) is 27.4 Å². The van der Waals surface area contributed by atoms with Gasteiger partial charge in [0.1, 0.15) is 27.6 Å². The van der Waals surface area contributed by atoms with Crippen molar-refractivity contribution in [2.45, 2.75) is 22.6 Å². The van der Waals surface area contributed by atoms with Gasteiger partial charge in [-0.1, -0.05) is 17.7 Å². The van der Waals surface area contributed by atoms with Crippen molar-refractivity contribution in [3.8, 4) is 0 Å². The van der Waals surface area contributed by atoms with Crippen molar-refractivity contribution >= 4 is 69.6 Å². The summed E-state index contributed by atoms with van der Waals surface area (Å²) >= 11 is 18.1. The highest BCUT2D eigenvalue weighted by Crippen LogP contribution is 2.65. The molecule has 3 aromatic carbocycles. The van der Waals surface area contributed by atoms with E-state index in [2.05, 4.69) is 5.32 Å². The lowest BCUT2D eigenvalue weighted by Gasteiger charge is -2.14. The molecular weight excluding hydrogens is 699 g/mol. The van der Waals surface area contributed by atoms with Crippen molar-refractivity contribution in [3.63, 3.8) is 0 Å². The van der Waals surface area contributed by atoms with E-state index in [1.807, 2.05) is 5.32 Å². The Morgan fingerprint density at radius 2 is 1.33 bits per heavy atom. The third kappa shape index (κ3) is 7.07. The van der Waals surface area contributed by atoms with Crippen LogP contribution in [0.15, 0.2) is 42.5 Å². The number of anilines is 3. The lowest BCUT2D eigenvalue weighted by Crippen LogP contribution is -2.30. The number of carbonyl (C=O) groups is 3. The van der Waals surface area contributed by atoms with Crippen LogP contribution in [0.5, 0.6) is 0 Å². The molecule has 1 aliphatic carbocycles. The molecule has 1 unspecified atom stereocenters. The summed E-state index contributed by atoms with van der Waals surface area (Å²) in [5.74, 6) is -13.9. The molecule has 0 heterocycles. The Bertz CT molecular complexity index is 1730. The van der Waals surface area contributed by atoms with Crippen molar-refractivity contribution in [3.05, 3.63) is 87.4 Å². The number of amides is 3. The molecule has 6 nitrogen and oxygen atoms in total. The van der Waals surface area contributed by atoms with E-state index in [-0.39, 0.29) is 11.6 Å². The van der Waals surface area contributed by atoms with Gasteiger partial charge >= 0.3 is 18.3 Å². The Labute approximate surface area is 259 Å². The summed E-state index contributed by atoms with van der Waals surface area (Å²) < 4.78 is 132. The molecule has 3 aromatic rings. The molecule has 3 N–H and O–H groups in total. The molecule has 45 heavy (non-hydrogen) atoms. The highest BCUT2D eigenvalue weighted by atomic mass is 35.5. The lowest BCUT2D eigenvalue weighted by atomic mass is 10.0. The first-order valence-electron chi connectivity index (χ1n) is 11.9. The molecule has 0 aliphatic heterocycles. The standard InChI is InChI=1S/C26H12Cl3F10N3O3/c27-20-10(21(43)41-16-7-17(14(32)6-13(16)31)42-23(45)26(37,38)39)4-9(5-15(20)33)40-22(44)19-18(24(19,28)29)8-1-2-12(30)11(3-8)25(34,35)36/h1-7,18-19H,(H,40,44)(H,41,43)(H,42,45)/t18-,19?/m0/s1. The average Bonchev–Trinajstić information content (AvgIpc) is 3.49. The number of hydrogen-bond acceptors (Lipinski definition) is 3. The van der Waals surface area contributed by atoms with E-state index in [9.17, 15) is 58.3 Å². The van der Waals surface area contributed by atoms with E-state index >= 15 is 0 Å². The minimum absolute atomic E-state index is 0.0375. The van der Waals surface area contributed by atoms with Crippen LogP contribution in [-0.4, -0.2) is 28.2 Å². The Morgan fingerprint density at radius 1 is 0.733 bits per heavy atom. The van der Waals surface area contributed by atoms with E-state index in [1.165, 1.54) is 0 Å². The minimum atomic E-state index is -5.45. The normalized spacial score (nSPS) is 17.4. The van der Waals surface area contributed by atoms with Crippen molar-refractivity contribution in [1.82, 2.24) is 0 Å². The topological polar surface area (TPSA) is 87.3 Å².